The van der Waals surface area contributed by atoms with Gasteiger partial charge in [-0.25, -0.2) is 4.68 Å². The molecule has 0 bridgehead atoms. The van der Waals surface area contributed by atoms with Gasteiger partial charge in [-0.1, -0.05) is 12.1 Å². The fourth-order valence-electron chi connectivity index (χ4n) is 5.32. The molecule has 1 atom stereocenters. The van der Waals surface area contributed by atoms with E-state index in [1.807, 2.05) is 37.4 Å². The van der Waals surface area contributed by atoms with Crippen LogP contribution in [0.2, 0.25) is 0 Å². The summed E-state index contributed by atoms with van der Waals surface area (Å²) in [6, 6.07) is 10.4. The number of morpholine rings is 1. The monoisotopic (exact) mass is 486 g/mol. The number of carbonyl (C=O) groups is 1. The van der Waals surface area contributed by atoms with E-state index >= 15 is 0 Å². The number of aryl methyl sites for hydroxylation is 1. The Hall–Kier alpha value is -3.29. The zero-order valence-corrected chi connectivity index (χ0v) is 21.4. The Kier molecular flexibility index (Phi) is 7.30. The minimum absolute atomic E-state index is 0.0476. The number of carbonyl (C=O) groups excluding carboxylic acids is 1. The van der Waals surface area contributed by atoms with Crippen LogP contribution in [0.4, 0.5) is 0 Å². The summed E-state index contributed by atoms with van der Waals surface area (Å²) in [5.41, 5.74) is 6.81. The van der Waals surface area contributed by atoms with Gasteiger partial charge in [0.05, 0.1) is 49.2 Å². The Morgan fingerprint density at radius 1 is 1.14 bits per heavy atom. The highest BCUT2D eigenvalue weighted by atomic mass is 16.5. The van der Waals surface area contributed by atoms with E-state index in [2.05, 4.69) is 29.1 Å². The zero-order valence-electron chi connectivity index (χ0n) is 21.4. The van der Waals surface area contributed by atoms with E-state index in [9.17, 15) is 4.79 Å². The fraction of sp³-hybridized carbons (Fsp3) is 0.414. The standard InChI is InChI=1S/C29H34N4O3/c1-20-16-22(18-30-29(20)23-4-6-24(7-5-23)32-12-14-36-15-13-32)17-28(34)27-19-31-33(21(27)2)25-8-10-26(35-3)11-9-25/h4,8-11,16,18-19,24H,5-7,12-15,17H2,1-3H3. The fourth-order valence-corrected chi connectivity index (χ4v) is 5.32. The Balaban J connectivity index is 1.25. The lowest BCUT2D eigenvalue weighted by Gasteiger charge is -2.36. The number of pyridine rings is 1. The molecule has 3 aromatic rings. The maximum Gasteiger partial charge on any atom is 0.170 e. The number of nitrogens with zero attached hydrogens (tertiary/aromatic N) is 4. The summed E-state index contributed by atoms with van der Waals surface area (Å²) >= 11 is 0. The molecule has 0 amide bonds. The highest BCUT2D eigenvalue weighted by Crippen LogP contribution is 2.30. The van der Waals surface area contributed by atoms with Crippen LogP contribution in [0.3, 0.4) is 0 Å². The zero-order chi connectivity index (χ0) is 25.1. The van der Waals surface area contributed by atoms with E-state index in [1.165, 1.54) is 5.57 Å². The number of hydrogen-bond donors (Lipinski definition) is 0. The van der Waals surface area contributed by atoms with Crippen molar-refractivity contribution in [3.63, 3.8) is 0 Å². The molecule has 3 heterocycles. The Bertz CT molecular complexity index is 1260. The molecule has 2 aliphatic rings. The van der Waals surface area contributed by atoms with E-state index in [0.29, 0.717) is 18.0 Å². The number of ketones is 1. The van der Waals surface area contributed by atoms with Gasteiger partial charge in [-0.05, 0) is 74.1 Å². The summed E-state index contributed by atoms with van der Waals surface area (Å²) in [5.74, 6) is 0.832. The maximum absolute atomic E-state index is 13.1. The molecule has 1 aliphatic carbocycles. The van der Waals surface area contributed by atoms with Gasteiger partial charge in [0.15, 0.2) is 5.78 Å². The molecule has 1 aliphatic heterocycles. The third kappa shape index (κ3) is 5.13. The van der Waals surface area contributed by atoms with Crippen molar-refractivity contribution in [2.24, 2.45) is 0 Å². The first-order valence-corrected chi connectivity index (χ1v) is 12.7. The maximum atomic E-state index is 13.1. The average molecular weight is 487 g/mol. The van der Waals surface area contributed by atoms with Crippen molar-refractivity contribution in [1.29, 1.82) is 0 Å². The second-order valence-electron chi connectivity index (χ2n) is 9.67. The lowest BCUT2D eigenvalue weighted by molar-refractivity contribution is 0.0150. The molecule has 1 unspecified atom stereocenters. The molecule has 7 nitrogen and oxygen atoms in total. The molecule has 1 fully saturated rings. The predicted octanol–water partition coefficient (Wildman–Crippen LogP) is 4.59. The topological polar surface area (TPSA) is 69.5 Å². The highest BCUT2D eigenvalue weighted by molar-refractivity contribution is 5.98. The summed E-state index contributed by atoms with van der Waals surface area (Å²) in [6.45, 7) is 7.78. The van der Waals surface area contributed by atoms with Crippen molar-refractivity contribution < 1.29 is 14.3 Å². The second-order valence-corrected chi connectivity index (χ2v) is 9.67. The van der Waals surface area contributed by atoms with Crippen LogP contribution < -0.4 is 4.74 Å². The summed E-state index contributed by atoms with van der Waals surface area (Å²) in [7, 11) is 1.64. The predicted molar refractivity (Wildman–Crippen MR) is 140 cm³/mol. The van der Waals surface area contributed by atoms with Gasteiger partial charge < -0.3 is 9.47 Å². The van der Waals surface area contributed by atoms with Crippen LogP contribution in [-0.4, -0.2) is 64.9 Å². The van der Waals surface area contributed by atoms with Gasteiger partial charge in [0.1, 0.15) is 5.75 Å². The molecular formula is C29H34N4O3. The third-order valence-corrected chi connectivity index (χ3v) is 7.38. The van der Waals surface area contributed by atoms with Crippen molar-refractivity contribution >= 4 is 11.4 Å². The van der Waals surface area contributed by atoms with Crippen molar-refractivity contribution in [3.05, 3.63) is 76.9 Å². The Labute approximate surface area is 212 Å². The number of benzene rings is 1. The van der Waals surface area contributed by atoms with Gasteiger partial charge in [-0.2, -0.15) is 5.10 Å². The van der Waals surface area contributed by atoms with E-state index in [1.54, 1.807) is 18.0 Å². The molecule has 0 radical (unpaired) electrons. The second kappa shape index (κ2) is 10.8. The molecule has 0 saturated carbocycles. The normalized spacial score (nSPS) is 18.6. The number of hydrogen-bond acceptors (Lipinski definition) is 6. The van der Waals surface area contributed by atoms with Gasteiger partial charge >= 0.3 is 0 Å². The molecule has 0 N–H and O–H groups in total. The van der Waals surface area contributed by atoms with Crippen LogP contribution in [0.25, 0.3) is 11.3 Å². The van der Waals surface area contributed by atoms with Gasteiger partial charge in [0.2, 0.25) is 0 Å². The minimum atomic E-state index is 0.0476. The Morgan fingerprint density at radius 2 is 1.92 bits per heavy atom. The summed E-state index contributed by atoms with van der Waals surface area (Å²) in [4.78, 5) is 20.5. The van der Waals surface area contributed by atoms with Crippen molar-refractivity contribution in [1.82, 2.24) is 19.7 Å². The molecule has 0 spiro atoms. The SMILES string of the molecule is COc1ccc(-n2ncc(C(=O)Cc3cnc(C4=CCC(N5CCOCC5)CC4)c(C)c3)c2C)cc1. The first-order valence-electron chi connectivity index (χ1n) is 12.7. The van der Waals surface area contributed by atoms with E-state index < -0.39 is 0 Å². The number of Topliss-reactive ketones (excluding diaryl/α,β-unsaturated/α-hetero) is 1. The minimum Gasteiger partial charge on any atom is -0.497 e. The van der Waals surface area contributed by atoms with Crippen LogP contribution in [0.5, 0.6) is 5.75 Å². The van der Waals surface area contributed by atoms with Crippen LogP contribution in [0.15, 0.2) is 48.8 Å². The molecule has 2 aromatic heterocycles. The van der Waals surface area contributed by atoms with E-state index in [-0.39, 0.29) is 5.78 Å². The number of methoxy groups -OCH3 is 1. The van der Waals surface area contributed by atoms with Crippen LogP contribution >= 0.6 is 0 Å². The molecule has 1 aromatic carbocycles. The average Bonchev–Trinajstić information content (AvgIpc) is 3.31. The lowest BCUT2D eigenvalue weighted by Crippen LogP contribution is -2.43. The number of rotatable bonds is 7. The van der Waals surface area contributed by atoms with Crippen LogP contribution in [0, 0.1) is 13.8 Å². The quantitative estimate of drug-likeness (QED) is 0.455. The number of ether oxygens (including phenoxy) is 2. The lowest BCUT2D eigenvalue weighted by atomic mass is 9.90. The molecular weight excluding hydrogens is 452 g/mol. The number of aromatic nitrogens is 3. The van der Waals surface area contributed by atoms with Gasteiger partial charge in [-0.3, -0.25) is 14.7 Å². The molecule has 36 heavy (non-hydrogen) atoms. The van der Waals surface area contributed by atoms with Gasteiger partial charge in [-0.15, -0.1) is 0 Å². The van der Waals surface area contributed by atoms with Crippen molar-refractivity contribution in [2.75, 3.05) is 33.4 Å². The summed E-state index contributed by atoms with van der Waals surface area (Å²) < 4.78 is 12.5. The van der Waals surface area contributed by atoms with Crippen molar-refractivity contribution in [2.45, 2.75) is 45.6 Å². The smallest absolute Gasteiger partial charge is 0.170 e. The number of allylic oxidation sites excluding steroid dienone is 1. The van der Waals surface area contributed by atoms with Gasteiger partial charge in [0, 0.05) is 31.7 Å². The third-order valence-electron chi connectivity index (χ3n) is 7.38. The Morgan fingerprint density at radius 3 is 2.58 bits per heavy atom. The highest BCUT2D eigenvalue weighted by Gasteiger charge is 2.24. The van der Waals surface area contributed by atoms with Crippen LogP contribution in [-0.2, 0) is 11.2 Å². The summed E-state index contributed by atoms with van der Waals surface area (Å²) in [6.07, 6.45) is 9.45. The first kappa shape index (κ1) is 24.4. The van der Waals surface area contributed by atoms with E-state index in [0.717, 1.165) is 79.5 Å². The van der Waals surface area contributed by atoms with Crippen LogP contribution in [0.1, 0.15) is 52.1 Å². The molecule has 1 saturated heterocycles. The first-order chi connectivity index (χ1) is 17.5. The summed E-state index contributed by atoms with van der Waals surface area (Å²) in [5, 5.41) is 4.46. The van der Waals surface area contributed by atoms with Gasteiger partial charge in [0.25, 0.3) is 0 Å². The molecule has 7 heteroatoms. The molecule has 188 valence electrons. The molecule has 5 rings (SSSR count). The van der Waals surface area contributed by atoms with Crippen molar-refractivity contribution in [3.8, 4) is 11.4 Å². The largest absolute Gasteiger partial charge is 0.497 e. The van der Waals surface area contributed by atoms with E-state index in [4.69, 9.17) is 14.5 Å².